The SMILES string of the molecule is COc1ncccc1CN1CCC(CCc2ccccc2OCC2CCCC2)CC1. The quantitative estimate of drug-likeness (QED) is 0.548. The molecule has 2 heterocycles. The van der Waals surface area contributed by atoms with Gasteiger partial charge in [0.25, 0.3) is 0 Å². The molecule has 0 N–H and O–H groups in total. The first-order valence-corrected chi connectivity index (χ1v) is 11.7. The number of methoxy groups -OCH3 is 1. The molecule has 0 radical (unpaired) electrons. The number of pyridine rings is 1. The van der Waals surface area contributed by atoms with Crippen molar-refractivity contribution in [2.24, 2.45) is 11.8 Å². The summed E-state index contributed by atoms with van der Waals surface area (Å²) in [7, 11) is 1.70. The summed E-state index contributed by atoms with van der Waals surface area (Å²) in [6.07, 6.45) is 12.2. The van der Waals surface area contributed by atoms with Crippen molar-refractivity contribution in [1.82, 2.24) is 9.88 Å². The van der Waals surface area contributed by atoms with Gasteiger partial charge in [-0.2, -0.15) is 0 Å². The first kappa shape index (κ1) is 21.2. The van der Waals surface area contributed by atoms with E-state index in [0.29, 0.717) is 0 Å². The van der Waals surface area contributed by atoms with Crippen molar-refractivity contribution in [2.75, 3.05) is 26.8 Å². The summed E-state index contributed by atoms with van der Waals surface area (Å²) < 4.78 is 11.6. The fraction of sp³-hybridized carbons (Fsp3) is 0.577. The molecule has 2 fully saturated rings. The Kier molecular flexibility index (Phi) is 7.63. The summed E-state index contributed by atoms with van der Waals surface area (Å²) in [6, 6.07) is 12.8. The Balaban J connectivity index is 1.23. The minimum absolute atomic E-state index is 0.758. The number of nitrogens with zero attached hydrogens (tertiary/aromatic N) is 2. The Bertz CT molecular complexity index is 780. The van der Waals surface area contributed by atoms with Crippen molar-refractivity contribution in [1.29, 1.82) is 0 Å². The van der Waals surface area contributed by atoms with Crippen LogP contribution in [0.15, 0.2) is 42.6 Å². The van der Waals surface area contributed by atoms with Crippen molar-refractivity contribution in [3.05, 3.63) is 53.7 Å². The fourth-order valence-electron chi connectivity index (χ4n) is 5.00. The maximum absolute atomic E-state index is 6.24. The van der Waals surface area contributed by atoms with Gasteiger partial charge in [0, 0.05) is 18.3 Å². The van der Waals surface area contributed by atoms with Crippen LogP contribution < -0.4 is 9.47 Å². The van der Waals surface area contributed by atoms with Gasteiger partial charge in [-0.15, -0.1) is 0 Å². The van der Waals surface area contributed by atoms with E-state index in [9.17, 15) is 0 Å². The first-order valence-electron chi connectivity index (χ1n) is 11.7. The van der Waals surface area contributed by atoms with E-state index >= 15 is 0 Å². The standard InChI is InChI=1S/C26H36N2O2/c1-29-26-24(10-6-16-27-26)19-28-17-14-21(15-18-28)12-13-23-9-4-5-11-25(23)30-20-22-7-2-3-8-22/h4-6,9-11,16,21-22H,2-3,7-8,12-15,17-20H2,1H3. The fourth-order valence-corrected chi connectivity index (χ4v) is 5.00. The van der Waals surface area contributed by atoms with E-state index in [0.717, 1.165) is 56.1 Å². The molecular formula is C26H36N2O2. The lowest BCUT2D eigenvalue weighted by Crippen LogP contribution is -2.33. The molecule has 1 aromatic heterocycles. The highest BCUT2D eigenvalue weighted by atomic mass is 16.5. The van der Waals surface area contributed by atoms with Crippen LogP contribution in [0.4, 0.5) is 0 Å². The number of ether oxygens (including phenoxy) is 2. The molecule has 0 bridgehead atoms. The van der Waals surface area contributed by atoms with Gasteiger partial charge in [-0.1, -0.05) is 37.1 Å². The minimum atomic E-state index is 0.758. The molecule has 2 aromatic rings. The zero-order valence-electron chi connectivity index (χ0n) is 18.4. The van der Waals surface area contributed by atoms with Gasteiger partial charge in [0.2, 0.25) is 5.88 Å². The van der Waals surface area contributed by atoms with Gasteiger partial charge in [0.15, 0.2) is 0 Å². The molecule has 0 atom stereocenters. The molecule has 30 heavy (non-hydrogen) atoms. The monoisotopic (exact) mass is 408 g/mol. The van der Waals surface area contributed by atoms with E-state index in [1.807, 2.05) is 6.07 Å². The summed E-state index contributed by atoms with van der Waals surface area (Å²) in [5.74, 6) is 3.44. The molecule has 1 aromatic carbocycles. The number of hydrogen-bond acceptors (Lipinski definition) is 4. The molecular weight excluding hydrogens is 372 g/mol. The van der Waals surface area contributed by atoms with Crippen LogP contribution in [-0.2, 0) is 13.0 Å². The summed E-state index contributed by atoms with van der Waals surface area (Å²) >= 11 is 0. The van der Waals surface area contributed by atoms with Gasteiger partial charge in [-0.05, 0) is 81.1 Å². The van der Waals surface area contributed by atoms with Crippen LogP contribution in [0.1, 0.15) is 56.1 Å². The number of rotatable bonds is 9. The van der Waals surface area contributed by atoms with Gasteiger partial charge in [0.1, 0.15) is 5.75 Å². The van der Waals surface area contributed by atoms with Crippen LogP contribution in [0.3, 0.4) is 0 Å². The van der Waals surface area contributed by atoms with Crippen molar-refractivity contribution in [3.63, 3.8) is 0 Å². The van der Waals surface area contributed by atoms with Crippen LogP contribution in [0.2, 0.25) is 0 Å². The second kappa shape index (κ2) is 10.8. The molecule has 1 aliphatic carbocycles. The van der Waals surface area contributed by atoms with Crippen LogP contribution in [0.5, 0.6) is 11.6 Å². The number of likely N-dealkylation sites (tertiary alicyclic amines) is 1. The molecule has 1 saturated heterocycles. The van der Waals surface area contributed by atoms with Gasteiger partial charge in [-0.3, -0.25) is 4.90 Å². The lowest BCUT2D eigenvalue weighted by Gasteiger charge is -2.32. The van der Waals surface area contributed by atoms with Gasteiger partial charge in [-0.25, -0.2) is 4.98 Å². The molecule has 0 amide bonds. The molecule has 4 heteroatoms. The summed E-state index contributed by atoms with van der Waals surface area (Å²) in [5, 5.41) is 0. The van der Waals surface area contributed by atoms with Crippen LogP contribution in [0, 0.1) is 11.8 Å². The van der Waals surface area contributed by atoms with Gasteiger partial charge < -0.3 is 9.47 Å². The molecule has 4 nitrogen and oxygen atoms in total. The Morgan fingerprint density at radius 3 is 2.50 bits per heavy atom. The van der Waals surface area contributed by atoms with Crippen molar-refractivity contribution in [2.45, 2.75) is 57.9 Å². The van der Waals surface area contributed by atoms with E-state index in [1.54, 1.807) is 13.3 Å². The summed E-state index contributed by atoms with van der Waals surface area (Å²) in [6.45, 7) is 4.14. The normalized spacial score (nSPS) is 18.6. The van der Waals surface area contributed by atoms with Crippen molar-refractivity contribution < 1.29 is 9.47 Å². The van der Waals surface area contributed by atoms with E-state index in [1.165, 1.54) is 56.1 Å². The van der Waals surface area contributed by atoms with E-state index in [2.05, 4.69) is 40.2 Å². The number of para-hydroxylation sites is 1. The number of aromatic nitrogens is 1. The minimum Gasteiger partial charge on any atom is -0.493 e. The zero-order chi connectivity index (χ0) is 20.6. The van der Waals surface area contributed by atoms with Crippen molar-refractivity contribution >= 4 is 0 Å². The Morgan fingerprint density at radius 1 is 0.933 bits per heavy atom. The topological polar surface area (TPSA) is 34.6 Å². The lowest BCUT2D eigenvalue weighted by molar-refractivity contribution is 0.170. The molecule has 1 aliphatic heterocycles. The third kappa shape index (κ3) is 5.75. The van der Waals surface area contributed by atoms with E-state index in [-0.39, 0.29) is 0 Å². The second-order valence-electron chi connectivity index (χ2n) is 9.00. The van der Waals surface area contributed by atoms with E-state index < -0.39 is 0 Å². The second-order valence-corrected chi connectivity index (χ2v) is 9.00. The number of hydrogen-bond donors (Lipinski definition) is 0. The van der Waals surface area contributed by atoms with Gasteiger partial charge in [0.05, 0.1) is 13.7 Å². The Hall–Kier alpha value is -2.07. The largest absolute Gasteiger partial charge is 0.493 e. The zero-order valence-corrected chi connectivity index (χ0v) is 18.4. The van der Waals surface area contributed by atoms with Gasteiger partial charge >= 0.3 is 0 Å². The average Bonchev–Trinajstić information content (AvgIpc) is 3.32. The Labute approximate surface area is 181 Å². The summed E-state index contributed by atoms with van der Waals surface area (Å²) in [4.78, 5) is 6.86. The Morgan fingerprint density at radius 2 is 1.70 bits per heavy atom. The van der Waals surface area contributed by atoms with Crippen LogP contribution in [0.25, 0.3) is 0 Å². The third-order valence-corrected chi connectivity index (χ3v) is 6.89. The number of piperidine rings is 1. The predicted octanol–water partition coefficient (Wildman–Crippen LogP) is 5.50. The lowest BCUT2D eigenvalue weighted by atomic mass is 9.90. The molecule has 0 unspecified atom stereocenters. The first-order chi connectivity index (χ1) is 14.8. The summed E-state index contributed by atoms with van der Waals surface area (Å²) in [5.41, 5.74) is 2.57. The molecule has 1 saturated carbocycles. The molecule has 4 rings (SSSR count). The third-order valence-electron chi connectivity index (χ3n) is 6.89. The maximum atomic E-state index is 6.24. The molecule has 2 aliphatic rings. The van der Waals surface area contributed by atoms with Crippen LogP contribution >= 0.6 is 0 Å². The smallest absolute Gasteiger partial charge is 0.217 e. The maximum Gasteiger partial charge on any atom is 0.217 e. The predicted molar refractivity (Wildman–Crippen MR) is 121 cm³/mol. The highest BCUT2D eigenvalue weighted by Gasteiger charge is 2.21. The number of aryl methyl sites for hydroxylation is 1. The van der Waals surface area contributed by atoms with Crippen molar-refractivity contribution in [3.8, 4) is 11.6 Å². The highest BCUT2D eigenvalue weighted by Crippen LogP contribution is 2.29. The highest BCUT2D eigenvalue weighted by molar-refractivity contribution is 5.33. The van der Waals surface area contributed by atoms with Crippen LogP contribution in [-0.4, -0.2) is 36.7 Å². The molecule has 162 valence electrons. The number of benzene rings is 1. The average molecular weight is 409 g/mol. The molecule has 0 spiro atoms. The van der Waals surface area contributed by atoms with E-state index in [4.69, 9.17) is 9.47 Å².